The van der Waals surface area contributed by atoms with Crippen molar-refractivity contribution in [2.24, 2.45) is 0 Å². The molecule has 2 N–H and O–H groups in total. The number of amides is 1. The molecule has 21 heavy (non-hydrogen) atoms. The summed E-state index contributed by atoms with van der Waals surface area (Å²) < 4.78 is 10.3. The molecule has 0 saturated heterocycles. The van der Waals surface area contributed by atoms with Crippen LogP contribution in [0.1, 0.15) is 31.0 Å². The van der Waals surface area contributed by atoms with E-state index >= 15 is 0 Å². The highest BCUT2D eigenvalue weighted by Gasteiger charge is 2.18. The minimum Gasteiger partial charge on any atom is -0.496 e. The van der Waals surface area contributed by atoms with E-state index in [0.29, 0.717) is 13.2 Å². The van der Waals surface area contributed by atoms with Gasteiger partial charge >= 0.3 is 0 Å². The minimum atomic E-state index is -0.289. The van der Waals surface area contributed by atoms with Gasteiger partial charge in [-0.1, -0.05) is 12.1 Å². The van der Waals surface area contributed by atoms with Gasteiger partial charge in [0.15, 0.2) is 0 Å². The van der Waals surface area contributed by atoms with E-state index in [1.54, 1.807) is 14.2 Å². The molecule has 5 nitrogen and oxygen atoms in total. The molecule has 1 aromatic carbocycles. The number of methoxy groups -OCH3 is 2. The van der Waals surface area contributed by atoms with Crippen LogP contribution in [-0.4, -0.2) is 39.3 Å². The van der Waals surface area contributed by atoms with Crippen molar-refractivity contribution in [3.63, 3.8) is 0 Å². The topological polar surface area (TPSA) is 59.6 Å². The summed E-state index contributed by atoms with van der Waals surface area (Å²) in [6.45, 7) is 6.92. The number of ether oxygens (including phenoxy) is 2. The first-order valence-corrected chi connectivity index (χ1v) is 7.16. The fourth-order valence-corrected chi connectivity index (χ4v) is 2.15. The van der Waals surface area contributed by atoms with Gasteiger partial charge in [-0.05, 0) is 32.4 Å². The molecular weight excluding hydrogens is 268 g/mol. The Bertz CT molecular complexity index is 463. The van der Waals surface area contributed by atoms with Crippen molar-refractivity contribution in [2.75, 3.05) is 27.4 Å². The summed E-state index contributed by atoms with van der Waals surface area (Å²) >= 11 is 0. The summed E-state index contributed by atoms with van der Waals surface area (Å²) in [7, 11) is 3.27. The van der Waals surface area contributed by atoms with Crippen molar-refractivity contribution < 1.29 is 14.3 Å². The average Bonchev–Trinajstić information content (AvgIpc) is 2.46. The van der Waals surface area contributed by atoms with Gasteiger partial charge < -0.3 is 14.8 Å². The number of hydrogen-bond donors (Lipinski definition) is 2. The highest BCUT2D eigenvalue weighted by molar-refractivity contribution is 5.81. The Hall–Kier alpha value is -1.59. The standard InChI is InChI=1S/C16H26N2O3/c1-11-6-7-14(15(10-11)21-5)12(2)18-13(3)16(19)17-8-9-20-4/h6-7,10,12-13,18H,8-9H2,1-5H3,(H,17,19). The van der Waals surface area contributed by atoms with E-state index in [0.717, 1.165) is 16.9 Å². The molecule has 2 unspecified atom stereocenters. The lowest BCUT2D eigenvalue weighted by molar-refractivity contribution is -0.123. The van der Waals surface area contributed by atoms with Crippen LogP contribution in [0.25, 0.3) is 0 Å². The van der Waals surface area contributed by atoms with E-state index < -0.39 is 0 Å². The number of aryl methyl sites for hydroxylation is 1. The smallest absolute Gasteiger partial charge is 0.236 e. The second-order valence-electron chi connectivity index (χ2n) is 5.14. The van der Waals surface area contributed by atoms with Crippen LogP contribution in [0.3, 0.4) is 0 Å². The minimum absolute atomic E-state index is 0.0173. The summed E-state index contributed by atoms with van der Waals surface area (Å²) in [4.78, 5) is 11.9. The highest BCUT2D eigenvalue weighted by Crippen LogP contribution is 2.26. The zero-order valence-corrected chi connectivity index (χ0v) is 13.5. The lowest BCUT2D eigenvalue weighted by Gasteiger charge is -2.22. The molecule has 0 heterocycles. The van der Waals surface area contributed by atoms with Crippen LogP contribution in [0.4, 0.5) is 0 Å². The van der Waals surface area contributed by atoms with E-state index in [4.69, 9.17) is 9.47 Å². The maximum atomic E-state index is 11.9. The molecule has 0 aromatic heterocycles. The summed E-state index contributed by atoms with van der Waals surface area (Å²) in [5.41, 5.74) is 2.19. The molecule has 1 rings (SSSR count). The SMILES string of the molecule is COCCNC(=O)C(C)NC(C)c1ccc(C)cc1OC. The molecule has 0 fully saturated rings. The molecule has 1 aromatic rings. The largest absolute Gasteiger partial charge is 0.496 e. The first-order chi connectivity index (χ1) is 9.99. The fourth-order valence-electron chi connectivity index (χ4n) is 2.15. The predicted octanol–water partition coefficient (Wildman–Crippen LogP) is 1.81. The third kappa shape index (κ3) is 5.36. The Morgan fingerprint density at radius 3 is 2.62 bits per heavy atom. The van der Waals surface area contributed by atoms with Gasteiger partial charge in [0.05, 0.1) is 19.8 Å². The van der Waals surface area contributed by atoms with Gasteiger partial charge in [-0.25, -0.2) is 0 Å². The average molecular weight is 294 g/mol. The Balaban J connectivity index is 2.63. The Morgan fingerprint density at radius 2 is 2.00 bits per heavy atom. The monoisotopic (exact) mass is 294 g/mol. The van der Waals surface area contributed by atoms with Gasteiger partial charge in [0.25, 0.3) is 0 Å². The molecule has 2 atom stereocenters. The summed E-state index contributed by atoms with van der Waals surface area (Å²) in [5.74, 6) is 0.798. The molecule has 118 valence electrons. The maximum absolute atomic E-state index is 11.9. The summed E-state index contributed by atoms with van der Waals surface area (Å²) in [6, 6.07) is 5.80. The molecule has 0 radical (unpaired) electrons. The van der Waals surface area contributed by atoms with Crippen LogP contribution in [-0.2, 0) is 9.53 Å². The zero-order valence-electron chi connectivity index (χ0n) is 13.5. The van der Waals surface area contributed by atoms with Gasteiger partial charge in [-0.3, -0.25) is 10.1 Å². The Morgan fingerprint density at radius 1 is 1.29 bits per heavy atom. The molecule has 0 spiro atoms. The van der Waals surface area contributed by atoms with Crippen LogP contribution in [0.15, 0.2) is 18.2 Å². The third-order valence-electron chi connectivity index (χ3n) is 3.35. The fraction of sp³-hybridized carbons (Fsp3) is 0.562. The van der Waals surface area contributed by atoms with E-state index in [9.17, 15) is 4.79 Å². The van der Waals surface area contributed by atoms with Gasteiger partial charge in [-0.2, -0.15) is 0 Å². The van der Waals surface area contributed by atoms with Gasteiger partial charge in [0.1, 0.15) is 5.75 Å². The van der Waals surface area contributed by atoms with Crippen LogP contribution < -0.4 is 15.4 Å². The molecule has 1 amide bonds. The lowest BCUT2D eigenvalue weighted by Crippen LogP contribution is -2.44. The number of benzene rings is 1. The second kappa shape index (κ2) is 8.64. The number of carbonyl (C=O) groups is 1. The normalized spacial score (nSPS) is 13.6. The number of carbonyl (C=O) groups excluding carboxylic acids is 1. The van der Waals surface area contributed by atoms with Crippen molar-refractivity contribution in [2.45, 2.75) is 32.9 Å². The molecule has 5 heteroatoms. The molecule has 0 aliphatic rings. The quantitative estimate of drug-likeness (QED) is 0.718. The van der Waals surface area contributed by atoms with Crippen molar-refractivity contribution in [1.82, 2.24) is 10.6 Å². The van der Waals surface area contributed by atoms with Gasteiger partial charge in [-0.15, -0.1) is 0 Å². The van der Waals surface area contributed by atoms with Crippen molar-refractivity contribution >= 4 is 5.91 Å². The van der Waals surface area contributed by atoms with E-state index in [2.05, 4.69) is 10.6 Å². The highest BCUT2D eigenvalue weighted by atomic mass is 16.5. The third-order valence-corrected chi connectivity index (χ3v) is 3.35. The van der Waals surface area contributed by atoms with Crippen LogP contribution in [0, 0.1) is 6.92 Å². The second-order valence-corrected chi connectivity index (χ2v) is 5.14. The van der Waals surface area contributed by atoms with Crippen LogP contribution in [0.2, 0.25) is 0 Å². The Kier molecular flexibility index (Phi) is 7.19. The molecule has 0 bridgehead atoms. The molecule has 0 aliphatic carbocycles. The van der Waals surface area contributed by atoms with Gasteiger partial charge in [0, 0.05) is 25.3 Å². The number of hydrogen-bond acceptors (Lipinski definition) is 4. The summed E-state index contributed by atoms with van der Waals surface area (Å²) in [5, 5.41) is 6.10. The van der Waals surface area contributed by atoms with Crippen molar-refractivity contribution in [1.29, 1.82) is 0 Å². The van der Waals surface area contributed by atoms with E-state index in [-0.39, 0.29) is 18.0 Å². The number of nitrogens with one attached hydrogen (secondary N) is 2. The molecular formula is C16H26N2O3. The van der Waals surface area contributed by atoms with Crippen molar-refractivity contribution in [3.8, 4) is 5.75 Å². The zero-order chi connectivity index (χ0) is 15.8. The molecule has 0 aliphatic heterocycles. The van der Waals surface area contributed by atoms with Crippen molar-refractivity contribution in [3.05, 3.63) is 29.3 Å². The van der Waals surface area contributed by atoms with Gasteiger partial charge in [0.2, 0.25) is 5.91 Å². The van der Waals surface area contributed by atoms with E-state index in [1.165, 1.54) is 0 Å². The first-order valence-electron chi connectivity index (χ1n) is 7.16. The predicted molar refractivity (Wildman–Crippen MR) is 83.6 cm³/mol. The molecule has 0 saturated carbocycles. The lowest BCUT2D eigenvalue weighted by atomic mass is 10.0. The van der Waals surface area contributed by atoms with E-state index in [1.807, 2.05) is 39.0 Å². The number of rotatable bonds is 8. The summed E-state index contributed by atoms with van der Waals surface area (Å²) in [6.07, 6.45) is 0. The Labute approximate surface area is 127 Å². The van der Waals surface area contributed by atoms with Crippen LogP contribution in [0.5, 0.6) is 5.75 Å². The first kappa shape index (κ1) is 17.5. The maximum Gasteiger partial charge on any atom is 0.236 e. The van der Waals surface area contributed by atoms with Crippen LogP contribution >= 0.6 is 0 Å².